The lowest BCUT2D eigenvalue weighted by molar-refractivity contribution is -0.264. The number of hydrogen-bond donors (Lipinski definition) is 3. The van der Waals surface area contributed by atoms with E-state index in [0.29, 0.717) is 35.7 Å². The van der Waals surface area contributed by atoms with E-state index in [1.807, 2.05) is 0 Å². The Labute approximate surface area is 191 Å². The standard InChI is InChI=1S/C23H22F3N3O5/c24-13-2-3-15(16(25)10-13)23(32,33)29-8-6-19(21(29)30)28-7-5-14(17(26)11-28)12-1-4-18-20(9-12)34-22(31)27-18/h1-4,9-10,14,17,19,32-33H,5-8,11H2,(H,27,31)/t14-,17?,19?/m1/s1. The zero-order valence-corrected chi connectivity index (χ0v) is 17.9. The van der Waals surface area contributed by atoms with E-state index in [9.17, 15) is 28.6 Å². The number of aliphatic hydroxyl groups is 2. The molecule has 1 amide bonds. The van der Waals surface area contributed by atoms with Crippen molar-refractivity contribution in [1.29, 1.82) is 0 Å². The van der Waals surface area contributed by atoms with E-state index < -0.39 is 52.9 Å². The summed E-state index contributed by atoms with van der Waals surface area (Å²) in [6.07, 6.45) is -0.732. The third kappa shape index (κ3) is 3.79. The van der Waals surface area contributed by atoms with Crippen LogP contribution in [0.3, 0.4) is 0 Å². The van der Waals surface area contributed by atoms with Crippen molar-refractivity contribution < 1.29 is 32.6 Å². The van der Waals surface area contributed by atoms with Crippen LogP contribution >= 0.6 is 0 Å². The summed E-state index contributed by atoms with van der Waals surface area (Å²) < 4.78 is 47.6. The fourth-order valence-electron chi connectivity index (χ4n) is 5.00. The number of aromatic nitrogens is 1. The predicted octanol–water partition coefficient (Wildman–Crippen LogP) is 1.92. The summed E-state index contributed by atoms with van der Waals surface area (Å²) in [4.78, 5) is 29.3. The first-order chi connectivity index (χ1) is 16.1. The van der Waals surface area contributed by atoms with E-state index in [0.717, 1.165) is 17.0 Å². The van der Waals surface area contributed by atoms with Crippen molar-refractivity contribution in [3.05, 3.63) is 69.7 Å². The molecule has 11 heteroatoms. The number of nitrogens with one attached hydrogen (secondary N) is 1. The summed E-state index contributed by atoms with van der Waals surface area (Å²) in [6.45, 7) is 0.228. The molecule has 2 aliphatic rings. The fourth-order valence-corrected chi connectivity index (χ4v) is 5.00. The molecule has 5 rings (SSSR count). The lowest BCUT2D eigenvalue weighted by atomic mass is 9.87. The molecule has 180 valence electrons. The van der Waals surface area contributed by atoms with E-state index in [4.69, 9.17) is 4.42 Å². The second-order valence-corrected chi connectivity index (χ2v) is 8.73. The van der Waals surface area contributed by atoms with Gasteiger partial charge in [-0.1, -0.05) is 6.07 Å². The van der Waals surface area contributed by atoms with Crippen molar-refractivity contribution in [3.63, 3.8) is 0 Å². The number of benzene rings is 2. The number of rotatable bonds is 4. The van der Waals surface area contributed by atoms with Gasteiger partial charge in [-0.3, -0.25) is 19.6 Å². The summed E-state index contributed by atoms with van der Waals surface area (Å²) >= 11 is 0. The average Bonchev–Trinajstić information content (AvgIpc) is 3.34. The van der Waals surface area contributed by atoms with Crippen LogP contribution in [-0.4, -0.2) is 62.8 Å². The van der Waals surface area contributed by atoms with E-state index in [-0.39, 0.29) is 19.5 Å². The number of carbonyl (C=O) groups excluding carboxylic acids is 1. The largest absolute Gasteiger partial charge is 0.417 e. The van der Waals surface area contributed by atoms with Gasteiger partial charge in [-0.05, 0) is 49.2 Å². The van der Waals surface area contributed by atoms with Gasteiger partial charge in [0.25, 0.3) is 5.91 Å². The first kappa shape index (κ1) is 22.6. The number of piperidine rings is 1. The minimum atomic E-state index is -2.97. The van der Waals surface area contributed by atoms with E-state index in [1.165, 1.54) is 0 Å². The smallest absolute Gasteiger partial charge is 0.408 e. The molecule has 0 saturated carbocycles. The second-order valence-electron chi connectivity index (χ2n) is 8.73. The molecule has 2 unspecified atom stereocenters. The summed E-state index contributed by atoms with van der Waals surface area (Å²) in [5, 5.41) is 21.1. The Morgan fingerprint density at radius 1 is 1.06 bits per heavy atom. The molecule has 0 radical (unpaired) electrons. The van der Waals surface area contributed by atoms with E-state index in [1.54, 1.807) is 23.1 Å². The third-order valence-electron chi connectivity index (χ3n) is 6.73. The lowest BCUT2D eigenvalue weighted by Gasteiger charge is -2.38. The number of hydrogen-bond acceptors (Lipinski definition) is 6. The van der Waals surface area contributed by atoms with Gasteiger partial charge in [0.05, 0.1) is 17.1 Å². The zero-order chi connectivity index (χ0) is 24.2. The van der Waals surface area contributed by atoms with Crippen LogP contribution in [0, 0.1) is 11.6 Å². The highest BCUT2D eigenvalue weighted by atomic mass is 19.1. The summed E-state index contributed by atoms with van der Waals surface area (Å²) in [6, 6.07) is 6.46. The second kappa shape index (κ2) is 8.26. The topological polar surface area (TPSA) is 110 Å². The van der Waals surface area contributed by atoms with Crippen LogP contribution in [0.25, 0.3) is 11.1 Å². The third-order valence-corrected chi connectivity index (χ3v) is 6.73. The maximum atomic E-state index is 15.2. The molecule has 0 aliphatic carbocycles. The van der Waals surface area contributed by atoms with Crippen molar-refractivity contribution in [3.8, 4) is 0 Å². The molecule has 8 nitrogen and oxygen atoms in total. The molecule has 0 bridgehead atoms. The fraction of sp³-hybridized carbons (Fsp3) is 0.391. The van der Waals surface area contributed by atoms with Crippen LogP contribution in [-0.2, 0) is 10.7 Å². The number of alkyl halides is 1. The number of amides is 1. The molecule has 0 spiro atoms. The van der Waals surface area contributed by atoms with Crippen molar-refractivity contribution >= 4 is 17.0 Å². The predicted molar refractivity (Wildman–Crippen MR) is 113 cm³/mol. The van der Waals surface area contributed by atoms with Gasteiger partial charge in [-0.15, -0.1) is 0 Å². The van der Waals surface area contributed by atoms with Crippen molar-refractivity contribution in [1.82, 2.24) is 14.8 Å². The Morgan fingerprint density at radius 3 is 2.59 bits per heavy atom. The van der Waals surface area contributed by atoms with Crippen LogP contribution < -0.4 is 5.76 Å². The van der Waals surface area contributed by atoms with E-state index in [2.05, 4.69) is 4.98 Å². The van der Waals surface area contributed by atoms with Crippen molar-refractivity contribution in [2.24, 2.45) is 0 Å². The maximum absolute atomic E-state index is 15.2. The molecule has 2 aliphatic heterocycles. The normalized spacial score (nSPS) is 24.3. The van der Waals surface area contributed by atoms with E-state index >= 15 is 4.39 Å². The van der Waals surface area contributed by atoms with Gasteiger partial charge in [-0.2, -0.15) is 0 Å². The van der Waals surface area contributed by atoms with Gasteiger partial charge in [0.2, 0.25) is 5.91 Å². The molecule has 2 saturated heterocycles. The summed E-state index contributed by atoms with van der Waals surface area (Å²) in [7, 11) is 0. The van der Waals surface area contributed by atoms with Gasteiger partial charge in [0.1, 0.15) is 17.8 Å². The molecular weight excluding hydrogens is 455 g/mol. The Kier molecular flexibility index (Phi) is 5.50. The molecule has 3 atom stereocenters. The number of aromatic amines is 1. The van der Waals surface area contributed by atoms with Gasteiger partial charge < -0.3 is 14.6 Å². The van der Waals surface area contributed by atoms with Crippen LogP contribution in [0.5, 0.6) is 0 Å². The highest BCUT2D eigenvalue weighted by Crippen LogP contribution is 2.36. The molecule has 2 aromatic carbocycles. The number of halogens is 3. The zero-order valence-electron chi connectivity index (χ0n) is 17.9. The van der Waals surface area contributed by atoms with Gasteiger partial charge in [-0.25, -0.2) is 18.0 Å². The first-order valence-electron chi connectivity index (χ1n) is 10.9. The molecular formula is C23H22F3N3O5. The number of H-pyrrole nitrogens is 1. The Bertz CT molecular complexity index is 1310. The van der Waals surface area contributed by atoms with Crippen LogP contribution in [0.15, 0.2) is 45.6 Å². The van der Waals surface area contributed by atoms with Gasteiger partial charge in [0.15, 0.2) is 5.58 Å². The number of oxazole rings is 1. The average molecular weight is 477 g/mol. The van der Waals surface area contributed by atoms with Crippen LogP contribution in [0.4, 0.5) is 13.2 Å². The Hall–Kier alpha value is -3.15. The Morgan fingerprint density at radius 2 is 1.85 bits per heavy atom. The van der Waals surface area contributed by atoms with Crippen molar-refractivity contribution in [2.75, 3.05) is 19.6 Å². The first-order valence-corrected chi connectivity index (χ1v) is 10.9. The lowest BCUT2D eigenvalue weighted by Crippen LogP contribution is -2.53. The monoisotopic (exact) mass is 477 g/mol. The number of carbonyl (C=O) groups is 1. The molecule has 3 heterocycles. The maximum Gasteiger partial charge on any atom is 0.417 e. The highest BCUT2D eigenvalue weighted by Gasteiger charge is 2.48. The van der Waals surface area contributed by atoms with Gasteiger partial charge >= 0.3 is 5.76 Å². The molecule has 3 N–H and O–H groups in total. The SMILES string of the molecule is O=C1C(N2CC[C@H](c3ccc4[nH]c(=O)oc4c3)C(F)C2)CCN1C(O)(O)c1ccc(F)cc1F. The van der Waals surface area contributed by atoms with Crippen molar-refractivity contribution in [2.45, 2.75) is 36.9 Å². The number of fused-ring (bicyclic) bond motifs is 1. The molecule has 3 aromatic rings. The molecule has 2 fully saturated rings. The number of nitrogens with zero attached hydrogens (tertiary/aromatic N) is 2. The number of likely N-dealkylation sites (tertiary alicyclic amines) is 2. The summed E-state index contributed by atoms with van der Waals surface area (Å²) in [5.74, 6) is -6.77. The minimum Gasteiger partial charge on any atom is -0.408 e. The molecule has 1 aromatic heterocycles. The Balaban J connectivity index is 1.30. The molecule has 34 heavy (non-hydrogen) atoms. The van der Waals surface area contributed by atoms with Gasteiger partial charge in [0, 0.05) is 25.1 Å². The summed E-state index contributed by atoms with van der Waals surface area (Å²) in [5.41, 5.74) is 0.899. The quantitative estimate of drug-likeness (QED) is 0.496. The minimum absolute atomic E-state index is 0.0567. The van der Waals surface area contributed by atoms with Crippen LogP contribution in [0.1, 0.15) is 29.9 Å². The van der Waals surface area contributed by atoms with Crippen LogP contribution in [0.2, 0.25) is 0 Å². The highest BCUT2D eigenvalue weighted by molar-refractivity contribution is 5.84.